The minimum Gasteiger partial charge on any atom is -0.367 e. The number of hydrogen-bond donors (Lipinski definition) is 3. The predicted molar refractivity (Wildman–Crippen MR) is 80.3 cm³/mol. The SMILES string of the molecule is CC1(C)CCC(Nc2nc(NN)nc3sccc23)C1. The lowest BCUT2D eigenvalue weighted by Gasteiger charge is -2.18. The van der Waals surface area contributed by atoms with Gasteiger partial charge in [0.15, 0.2) is 0 Å². The van der Waals surface area contributed by atoms with Crippen LogP contribution in [0.5, 0.6) is 0 Å². The van der Waals surface area contributed by atoms with E-state index >= 15 is 0 Å². The Labute approximate surface area is 116 Å². The maximum absolute atomic E-state index is 5.43. The van der Waals surface area contributed by atoms with Crippen LogP contribution in [0, 0.1) is 5.41 Å². The number of hydrazine groups is 1. The molecule has 6 heteroatoms. The Morgan fingerprint density at radius 2 is 2.26 bits per heavy atom. The van der Waals surface area contributed by atoms with Gasteiger partial charge in [-0.3, -0.25) is 5.43 Å². The summed E-state index contributed by atoms with van der Waals surface area (Å²) in [5.74, 6) is 6.79. The average Bonchev–Trinajstić information content (AvgIpc) is 2.95. The standard InChI is InChI=1S/C13H19N5S/c1-13(2)5-3-8(7-13)15-10-9-4-6-19-11(9)17-12(16-10)18-14/h4,6,8H,3,5,7,14H2,1-2H3,(H2,15,16,17,18). The molecule has 1 unspecified atom stereocenters. The Bertz CT molecular complexity index is 592. The fourth-order valence-corrected chi connectivity index (χ4v) is 3.55. The fraction of sp³-hybridized carbons (Fsp3) is 0.538. The lowest BCUT2D eigenvalue weighted by atomic mass is 9.92. The monoisotopic (exact) mass is 277 g/mol. The first kappa shape index (κ1) is 12.6. The quantitative estimate of drug-likeness (QED) is 0.594. The first-order valence-electron chi connectivity index (χ1n) is 6.56. The van der Waals surface area contributed by atoms with Gasteiger partial charge in [0.1, 0.15) is 10.6 Å². The Morgan fingerprint density at radius 3 is 2.95 bits per heavy atom. The van der Waals surface area contributed by atoms with Gasteiger partial charge < -0.3 is 5.32 Å². The number of nitrogens with two attached hydrogens (primary N) is 1. The van der Waals surface area contributed by atoms with Crippen molar-refractivity contribution in [1.82, 2.24) is 9.97 Å². The van der Waals surface area contributed by atoms with E-state index in [2.05, 4.69) is 40.6 Å². The third kappa shape index (κ3) is 2.50. The van der Waals surface area contributed by atoms with E-state index in [0.29, 0.717) is 17.4 Å². The van der Waals surface area contributed by atoms with Gasteiger partial charge in [0.05, 0.1) is 5.39 Å². The van der Waals surface area contributed by atoms with Crippen LogP contribution in [-0.4, -0.2) is 16.0 Å². The number of anilines is 2. The first-order valence-corrected chi connectivity index (χ1v) is 7.44. The number of thiophene rings is 1. The zero-order valence-corrected chi connectivity index (χ0v) is 12.0. The van der Waals surface area contributed by atoms with Gasteiger partial charge in [-0.15, -0.1) is 11.3 Å². The van der Waals surface area contributed by atoms with E-state index in [-0.39, 0.29) is 0 Å². The summed E-state index contributed by atoms with van der Waals surface area (Å²) in [6.45, 7) is 4.64. The van der Waals surface area contributed by atoms with Crippen LogP contribution in [0.4, 0.5) is 11.8 Å². The number of nitrogens with one attached hydrogen (secondary N) is 2. The molecule has 1 aliphatic carbocycles. The van der Waals surface area contributed by atoms with Crippen molar-refractivity contribution in [1.29, 1.82) is 0 Å². The highest BCUT2D eigenvalue weighted by atomic mass is 32.1. The van der Waals surface area contributed by atoms with E-state index < -0.39 is 0 Å². The second-order valence-electron chi connectivity index (χ2n) is 5.93. The Morgan fingerprint density at radius 1 is 1.42 bits per heavy atom. The zero-order valence-electron chi connectivity index (χ0n) is 11.2. The number of aromatic nitrogens is 2. The van der Waals surface area contributed by atoms with Crippen LogP contribution < -0.4 is 16.6 Å². The van der Waals surface area contributed by atoms with Crippen LogP contribution in [0.15, 0.2) is 11.4 Å². The van der Waals surface area contributed by atoms with Crippen molar-refractivity contribution in [2.24, 2.45) is 11.3 Å². The maximum atomic E-state index is 5.43. The minimum atomic E-state index is 0.424. The highest BCUT2D eigenvalue weighted by Gasteiger charge is 2.31. The molecule has 19 heavy (non-hydrogen) atoms. The van der Waals surface area contributed by atoms with Gasteiger partial charge in [-0.25, -0.2) is 10.8 Å². The highest BCUT2D eigenvalue weighted by Crippen LogP contribution is 2.39. The average molecular weight is 277 g/mol. The largest absolute Gasteiger partial charge is 0.367 e. The summed E-state index contributed by atoms with van der Waals surface area (Å²) in [7, 11) is 0. The molecule has 0 spiro atoms. The maximum Gasteiger partial charge on any atom is 0.240 e. The summed E-state index contributed by atoms with van der Waals surface area (Å²) in [6.07, 6.45) is 3.62. The minimum absolute atomic E-state index is 0.424. The summed E-state index contributed by atoms with van der Waals surface area (Å²) in [5.41, 5.74) is 2.96. The van der Waals surface area contributed by atoms with Gasteiger partial charge >= 0.3 is 0 Å². The highest BCUT2D eigenvalue weighted by molar-refractivity contribution is 7.16. The molecule has 0 aromatic carbocycles. The van der Waals surface area contributed by atoms with E-state index in [1.807, 2.05) is 5.38 Å². The van der Waals surface area contributed by atoms with Crippen LogP contribution in [0.2, 0.25) is 0 Å². The smallest absolute Gasteiger partial charge is 0.240 e. The van der Waals surface area contributed by atoms with Gasteiger partial charge in [-0.05, 0) is 36.1 Å². The second kappa shape index (κ2) is 4.61. The number of fused-ring (bicyclic) bond motifs is 1. The number of nitrogens with zero attached hydrogens (tertiary/aromatic N) is 2. The van der Waals surface area contributed by atoms with Crippen LogP contribution in [0.25, 0.3) is 10.2 Å². The number of rotatable bonds is 3. The third-order valence-corrected chi connectivity index (χ3v) is 4.57. The van der Waals surface area contributed by atoms with Crippen molar-refractivity contribution in [3.8, 4) is 0 Å². The van der Waals surface area contributed by atoms with Crippen LogP contribution in [0.3, 0.4) is 0 Å². The van der Waals surface area contributed by atoms with Crippen molar-refractivity contribution in [3.05, 3.63) is 11.4 Å². The van der Waals surface area contributed by atoms with Gasteiger partial charge in [0, 0.05) is 6.04 Å². The summed E-state index contributed by atoms with van der Waals surface area (Å²) in [5, 5.41) is 6.67. The molecule has 2 aromatic rings. The summed E-state index contributed by atoms with van der Waals surface area (Å²) >= 11 is 1.60. The van der Waals surface area contributed by atoms with E-state index in [4.69, 9.17) is 5.84 Å². The van der Waals surface area contributed by atoms with Crippen molar-refractivity contribution in [3.63, 3.8) is 0 Å². The molecular weight excluding hydrogens is 258 g/mol. The molecule has 4 N–H and O–H groups in total. The van der Waals surface area contributed by atoms with Gasteiger partial charge in [-0.2, -0.15) is 4.98 Å². The molecule has 1 atom stereocenters. The molecule has 1 saturated carbocycles. The van der Waals surface area contributed by atoms with E-state index in [9.17, 15) is 0 Å². The topological polar surface area (TPSA) is 75.9 Å². The summed E-state index contributed by atoms with van der Waals surface area (Å²) < 4.78 is 0. The summed E-state index contributed by atoms with van der Waals surface area (Å²) in [6, 6.07) is 2.54. The van der Waals surface area contributed by atoms with Crippen LogP contribution in [-0.2, 0) is 0 Å². The van der Waals surface area contributed by atoms with Crippen molar-refractivity contribution in [2.45, 2.75) is 39.2 Å². The molecule has 0 radical (unpaired) electrons. The summed E-state index contributed by atoms with van der Waals surface area (Å²) in [4.78, 5) is 9.76. The van der Waals surface area contributed by atoms with E-state index in [1.54, 1.807) is 11.3 Å². The molecule has 2 aromatic heterocycles. The number of hydrogen-bond acceptors (Lipinski definition) is 6. The zero-order chi connectivity index (χ0) is 13.5. The molecule has 2 heterocycles. The molecule has 102 valence electrons. The first-order chi connectivity index (χ1) is 9.07. The third-order valence-electron chi connectivity index (χ3n) is 3.76. The molecule has 3 rings (SSSR count). The molecule has 0 bridgehead atoms. The van der Waals surface area contributed by atoms with Crippen LogP contribution >= 0.6 is 11.3 Å². The van der Waals surface area contributed by atoms with Crippen molar-refractivity contribution in [2.75, 3.05) is 10.7 Å². The molecule has 0 amide bonds. The van der Waals surface area contributed by atoms with Gasteiger partial charge in [0.25, 0.3) is 0 Å². The molecule has 1 aliphatic rings. The molecule has 5 nitrogen and oxygen atoms in total. The predicted octanol–water partition coefficient (Wildman–Crippen LogP) is 2.97. The Balaban J connectivity index is 1.89. The molecular formula is C13H19N5S. The molecule has 0 saturated heterocycles. The molecule has 1 fully saturated rings. The Kier molecular flexibility index (Phi) is 3.06. The Hall–Kier alpha value is -1.40. The molecule has 0 aliphatic heterocycles. The van der Waals surface area contributed by atoms with E-state index in [0.717, 1.165) is 16.0 Å². The lowest BCUT2D eigenvalue weighted by molar-refractivity contribution is 0.378. The van der Waals surface area contributed by atoms with Gasteiger partial charge in [-0.1, -0.05) is 13.8 Å². The normalized spacial score (nSPS) is 21.7. The van der Waals surface area contributed by atoms with Crippen molar-refractivity contribution >= 4 is 33.3 Å². The van der Waals surface area contributed by atoms with Crippen molar-refractivity contribution < 1.29 is 0 Å². The second-order valence-corrected chi connectivity index (χ2v) is 6.82. The fourth-order valence-electron chi connectivity index (χ4n) is 2.78. The van der Waals surface area contributed by atoms with E-state index in [1.165, 1.54) is 19.3 Å². The number of nitrogen functional groups attached to an aromatic ring is 1. The lowest BCUT2D eigenvalue weighted by Crippen LogP contribution is -2.19. The van der Waals surface area contributed by atoms with Gasteiger partial charge in [0.2, 0.25) is 5.95 Å². The van der Waals surface area contributed by atoms with Crippen LogP contribution in [0.1, 0.15) is 33.1 Å².